The third kappa shape index (κ3) is 5.14. The highest BCUT2D eigenvalue weighted by Gasteiger charge is 2.07. The van der Waals surface area contributed by atoms with E-state index in [1.807, 2.05) is 0 Å². The minimum absolute atomic E-state index is 0.196. The highest BCUT2D eigenvalue weighted by atomic mass is 79.9. The predicted octanol–water partition coefficient (Wildman–Crippen LogP) is 2.87. The van der Waals surface area contributed by atoms with Crippen LogP contribution in [-0.2, 0) is 0 Å². The van der Waals surface area contributed by atoms with Crippen LogP contribution in [0, 0.1) is 5.82 Å². The van der Waals surface area contributed by atoms with Crippen LogP contribution in [-0.4, -0.2) is 24.2 Å². The lowest BCUT2D eigenvalue weighted by atomic mass is 10.2. The summed E-state index contributed by atoms with van der Waals surface area (Å²) in [6.45, 7) is 0.815. The quantitative estimate of drug-likeness (QED) is 0.760. The van der Waals surface area contributed by atoms with Crippen LogP contribution in [0.4, 0.5) is 4.39 Å². The normalized spacial score (nSPS) is 10.4. The van der Waals surface area contributed by atoms with E-state index in [0.717, 1.165) is 25.7 Å². The first-order chi connectivity index (χ1) is 8.65. The van der Waals surface area contributed by atoms with Gasteiger partial charge >= 0.3 is 0 Å². The molecular formula is C13H17BrFNO2. The van der Waals surface area contributed by atoms with Gasteiger partial charge in [0.05, 0.1) is 4.47 Å². The van der Waals surface area contributed by atoms with Crippen molar-refractivity contribution < 1.29 is 14.3 Å². The van der Waals surface area contributed by atoms with Gasteiger partial charge in [0.2, 0.25) is 0 Å². The molecule has 0 fully saturated rings. The Balaban J connectivity index is 2.30. The molecular weight excluding hydrogens is 301 g/mol. The van der Waals surface area contributed by atoms with E-state index in [9.17, 15) is 9.18 Å². The molecule has 0 atom stereocenters. The zero-order chi connectivity index (χ0) is 13.4. The van der Waals surface area contributed by atoms with Crippen molar-refractivity contribution in [3.63, 3.8) is 0 Å². The number of rotatable bonds is 7. The summed E-state index contributed by atoms with van der Waals surface area (Å²) in [6.07, 6.45) is 3.63. The monoisotopic (exact) mass is 317 g/mol. The van der Waals surface area contributed by atoms with Crippen molar-refractivity contribution in [2.45, 2.75) is 25.7 Å². The van der Waals surface area contributed by atoms with E-state index in [1.54, 1.807) is 0 Å². The Morgan fingerprint density at radius 1 is 1.28 bits per heavy atom. The summed E-state index contributed by atoms with van der Waals surface area (Å²) in [6, 6.07) is 4.19. The van der Waals surface area contributed by atoms with Gasteiger partial charge in [-0.05, 0) is 47.0 Å². The maximum absolute atomic E-state index is 13.0. The van der Waals surface area contributed by atoms with Gasteiger partial charge in [-0.15, -0.1) is 0 Å². The molecule has 18 heavy (non-hydrogen) atoms. The number of unbranched alkanes of at least 4 members (excludes halogenated alkanes) is 3. The molecule has 100 valence electrons. The van der Waals surface area contributed by atoms with Crippen LogP contribution < -0.4 is 5.32 Å². The van der Waals surface area contributed by atoms with Gasteiger partial charge in [0.25, 0.3) is 5.91 Å². The molecule has 3 nitrogen and oxygen atoms in total. The Kier molecular flexibility index (Phi) is 6.90. The summed E-state index contributed by atoms with van der Waals surface area (Å²) >= 11 is 3.05. The molecule has 1 amide bonds. The molecule has 0 saturated carbocycles. The van der Waals surface area contributed by atoms with Crippen molar-refractivity contribution in [2.75, 3.05) is 13.2 Å². The van der Waals surface area contributed by atoms with Gasteiger partial charge in [0, 0.05) is 18.7 Å². The lowest BCUT2D eigenvalue weighted by Gasteiger charge is -2.05. The zero-order valence-corrected chi connectivity index (χ0v) is 11.7. The summed E-state index contributed by atoms with van der Waals surface area (Å²) in [4.78, 5) is 11.7. The SMILES string of the molecule is O=C(NCCCCCCO)c1ccc(F)c(Br)c1. The van der Waals surface area contributed by atoms with Crippen molar-refractivity contribution in [3.8, 4) is 0 Å². The molecule has 0 unspecified atom stereocenters. The van der Waals surface area contributed by atoms with Gasteiger partial charge in [0.1, 0.15) is 5.82 Å². The van der Waals surface area contributed by atoms with Gasteiger partial charge in [-0.2, -0.15) is 0 Å². The Morgan fingerprint density at radius 3 is 2.67 bits per heavy atom. The fraction of sp³-hybridized carbons (Fsp3) is 0.462. The molecule has 2 N–H and O–H groups in total. The second-order valence-electron chi connectivity index (χ2n) is 4.02. The fourth-order valence-electron chi connectivity index (χ4n) is 1.53. The number of carbonyl (C=O) groups is 1. The number of aliphatic hydroxyl groups is 1. The van der Waals surface area contributed by atoms with E-state index in [2.05, 4.69) is 21.2 Å². The Labute approximate surface area is 115 Å². The molecule has 0 bridgehead atoms. The molecule has 0 saturated heterocycles. The topological polar surface area (TPSA) is 49.3 Å². The highest BCUT2D eigenvalue weighted by molar-refractivity contribution is 9.10. The van der Waals surface area contributed by atoms with Crippen molar-refractivity contribution in [2.24, 2.45) is 0 Å². The van der Waals surface area contributed by atoms with E-state index in [1.165, 1.54) is 18.2 Å². The van der Waals surface area contributed by atoms with Crippen LogP contribution in [0.25, 0.3) is 0 Å². The molecule has 1 aromatic rings. The minimum Gasteiger partial charge on any atom is -0.396 e. The van der Waals surface area contributed by atoms with Crippen LogP contribution in [0.2, 0.25) is 0 Å². The maximum atomic E-state index is 13.0. The first-order valence-corrected chi connectivity index (χ1v) is 6.78. The van der Waals surface area contributed by atoms with Crippen LogP contribution in [0.5, 0.6) is 0 Å². The predicted molar refractivity (Wildman–Crippen MR) is 72.0 cm³/mol. The first-order valence-electron chi connectivity index (χ1n) is 5.99. The average molecular weight is 318 g/mol. The van der Waals surface area contributed by atoms with Gasteiger partial charge in [0.15, 0.2) is 0 Å². The molecule has 1 rings (SSSR count). The van der Waals surface area contributed by atoms with E-state index < -0.39 is 0 Å². The first kappa shape index (κ1) is 15.1. The van der Waals surface area contributed by atoms with Gasteiger partial charge in [-0.1, -0.05) is 12.8 Å². The van der Waals surface area contributed by atoms with Crippen molar-refractivity contribution in [1.82, 2.24) is 5.32 Å². The summed E-state index contributed by atoms with van der Waals surface area (Å²) in [5.41, 5.74) is 0.443. The Hall–Kier alpha value is -0.940. The number of benzene rings is 1. The van der Waals surface area contributed by atoms with E-state index >= 15 is 0 Å². The number of carbonyl (C=O) groups excluding carboxylic acids is 1. The molecule has 1 aromatic carbocycles. The number of aliphatic hydroxyl groups excluding tert-OH is 1. The zero-order valence-electron chi connectivity index (χ0n) is 10.1. The minimum atomic E-state index is -0.379. The molecule has 0 heterocycles. The van der Waals surface area contributed by atoms with Gasteiger partial charge < -0.3 is 10.4 Å². The van der Waals surface area contributed by atoms with Crippen LogP contribution in [0.3, 0.4) is 0 Å². The number of halogens is 2. The summed E-state index contributed by atoms with van der Waals surface area (Å²) < 4.78 is 13.3. The van der Waals surface area contributed by atoms with Crippen LogP contribution >= 0.6 is 15.9 Å². The molecule has 0 aromatic heterocycles. The third-order valence-corrected chi connectivity index (χ3v) is 3.16. The van der Waals surface area contributed by atoms with Crippen LogP contribution in [0.1, 0.15) is 36.0 Å². The van der Waals surface area contributed by atoms with Crippen molar-refractivity contribution >= 4 is 21.8 Å². The van der Waals surface area contributed by atoms with Crippen molar-refractivity contribution in [3.05, 3.63) is 34.1 Å². The maximum Gasteiger partial charge on any atom is 0.251 e. The van der Waals surface area contributed by atoms with Gasteiger partial charge in [-0.25, -0.2) is 4.39 Å². The Morgan fingerprint density at radius 2 is 2.00 bits per heavy atom. The molecule has 0 aliphatic heterocycles. The van der Waals surface area contributed by atoms with Crippen LogP contribution in [0.15, 0.2) is 22.7 Å². The standard InChI is InChI=1S/C13H17BrFNO2/c14-11-9-10(5-6-12(11)15)13(18)16-7-3-1-2-4-8-17/h5-6,9,17H,1-4,7-8H2,(H,16,18). The number of nitrogens with one attached hydrogen (secondary N) is 1. The number of hydrogen-bond acceptors (Lipinski definition) is 2. The molecule has 0 spiro atoms. The largest absolute Gasteiger partial charge is 0.396 e. The lowest BCUT2D eigenvalue weighted by Crippen LogP contribution is -2.24. The summed E-state index contributed by atoms with van der Waals surface area (Å²) in [5, 5.41) is 11.4. The molecule has 0 aliphatic rings. The molecule has 5 heteroatoms. The third-order valence-electron chi connectivity index (χ3n) is 2.55. The van der Waals surface area contributed by atoms with E-state index in [0.29, 0.717) is 12.1 Å². The molecule has 0 radical (unpaired) electrons. The van der Waals surface area contributed by atoms with Crippen molar-refractivity contribution in [1.29, 1.82) is 0 Å². The fourth-order valence-corrected chi connectivity index (χ4v) is 1.91. The summed E-state index contributed by atoms with van der Waals surface area (Å²) in [7, 11) is 0. The number of hydrogen-bond donors (Lipinski definition) is 2. The lowest BCUT2D eigenvalue weighted by molar-refractivity contribution is 0.0952. The van der Waals surface area contributed by atoms with E-state index in [-0.39, 0.29) is 22.8 Å². The highest BCUT2D eigenvalue weighted by Crippen LogP contribution is 2.16. The van der Waals surface area contributed by atoms with Gasteiger partial charge in [-0.3, -0.25) is 4.79 Å². The summed E-state index contributed by atoms with van der Waals surface area (Å²) in [5.74, 6) is -0.576. The molecule has 0 aliphatic carbocycles. The Bertz CT molecular complexity index is 399. The average Bonchev–Trinajstić information content (AvgIpc) is 2.36. The number of amides is 1. The van der Waals surface area contributed by atoms with E-state index in [4.69, 9.17) is 5.11 Å². The second kappa shape index (κ2) is 8.21. The smallest absolute Gasteiger partial charge is 0.251 e. The second-order valence-corrected chi connectivity index (χ2v) is 4.88.